The van der Waals surface area contributed by atoms with Crippen molar-refractivity contribution >= 4 is 15.9 Å². The first-order valence-corrected chi connectivity index (χ1v) is 11.4. The Balaban J connectivity index is 1.79. The molecule has 1 atom stereocenters. The Bertz CT molecular complexity index is 945. The van der Waals surface area contributed by atoms with Gasteiger partial charge in [0, 0.05) is 25.0 Å². The van der Waals surface area contributed by atoms with Gasteiger partial charge in [0.15, 0.2) is 9.84 Å². The minimum atomic E-state index is -3.87. The summed E-state index contributed by atoms with van der Waals surface area (Å²) in [7, 11) is -3.87. The minimum absolute atomic E-state index is 0.0136. The monoisotopic (exact) mass is 419 g/mol. The van der Waals surface area contributed by atoms with Gasteiger partial charge in [-0.05, 0) is 55.2 Å². The molecule has 1 aliphatic rings. The van der Waals surface area contributed by atoms with Gasteiger partial charge in [0.05, 0.1) is 4.90 Å². The smallest absolute Gasteiger partial charge is 0.315 e. The summed E-state index contributed by atoms with van der Waals surface area (Å²) in [5, 5.41) is 4.59. The molecule has 1 aromatic heterocycles. The molecule has 2 N–H and O–H groups in total. The minimum Gasteiger partial charge on any atom is -0.336 e. The van der Waals surface area contributed by atoms with Crippen molar-refractivity contribution in [3.63, 3.8) is 0 Å². The average molecular weight is 420 g/mol. The normalized spacial score (nSPS) is 16.2. The molecule has 6 nitrogen and oxygen atoms in total. The van der Waals surface area contributed by atoms with Crippen molar-refractivity contribution in [1.29, 1.82) is 0 Å². The number of nitrogens with one attached hydrogen (secondary N) is 2. The van der Waals surface area contributed by atoms with Crippen LogP contribution in [0.3, 0.4) is 0 Å². The zero-order valence-electron chi connectivity index (χ0n) is 16.4. The molecule has 0 saturated heterocycles. The highest BCUT2D eigenvalue weighted by atomic mass is 32.2. The third-order valence-corrected chi connectivity index (χ3v) is 7.38. The van der Waals surface area contributed by atoms with E-state index in [1.54, 1.807) is 18.3 Å². The van der Waals surface area contributed by atoms with Crippen molar-refractivity contribution in [2.45, 2.75) is 55.2 Å². The molecule has 0 bridgehead atoms. The SMILES string of the molecule is Cc1cc(S(=O)(=O)[C@@H](CNC(=O)NC2CCCCC2)c2cccnc2)ccc1F. The summed E-state index contributed by atoms with van der Waals surface area (Å²) in [5.41, 5.74) is 0.714. The van der Waals surface area contributed by atoms with Crippen molar-refractivity contribution < 1.29 is 17.6 Å². The van der Waals surface area contributed by atoms with Crippen LogP contribution in [0.5, 0.6) is 0 Å². The Morgan fingerprint density at radius 2 is 2.00 bits per heavy atom. The van der Waals surface area contributed by atoms with E-state index < -0.39 is 20.9 Å². The van der Waals surface area contributed by atoms with Crippen LogP contribution in [0.2, 0.25) is 0 Å². The van der Waals surface area contributed by atoms with Gasteiger partial charge < -0.3 is 10.6 Å². The molecule has 29 heavy (non-hydrogen) atoms. The molecule has 1 aromatic carbocycles. The Hall–Kier alpha value is -2.48. The highest BCUT2D eigenvalue weighted by Gasteiger charge is 2.30. The van der Waals surface area contributed by atoms with Gasteiger partial charge in [-0.15, -0.1) is 0 Å². The first-order valence-electron chi connectivity index (χ1n) is 9.82. The lowest BCUT2D eigenvalue weighted by Gasteiger charge is -2.24. The number of pyridine rings is 1. The fraction of sp³-hybridized carbons (Fsp3) is 0.429. The molecule has 2 amide bonds. The average Bonchev–Trinajstić information content (AvgIpc) is 2.71. The molecule has 0 unspecified atom stereocenters. The third kappa shape index (κ3) is 5.32. The van der Waals surface area contributed by atoms with Crippen LogP contribution in [0, 0.1) is 12.7 Å². The van der Waals surface area contributed by atoms with E-state index in [2.05, 4.69) is 15.6 Å². The summed E-state index contributed by atoms with van der Waals surface area (Å²) in [6, 6.07) is 6.76. The number of aryl methyl sites for hydroxylation is 1. The summed E-state index contributed by atoms with van der Waals surface area (Å²) in [5.74, 6) is -0.466. The maximum absolute atomic E-state index is 13.6. The van der Waals surface area contributed by atoms with E-state index in [9.17, 15) is 17.6 Å². The molecule has 1 aliphatic carbocycles. The third-order valence-electron chi connectivity index (χ3n) is 5.28. The molecule has 156 valence electrons. The lowest BCUT2D eigenvalue weighted by molar-refractivity contribution is 0.232. The summed E-state index contributed by atoms with van der Waals surface area (Å²) in [4.78, 5) is 16.4. The molecule has 1 saturated carbocycles. The number of carbonyl (C=O) groups excluding carboxylic acids is 1. The Morgan fingerprint density at radius 3 is 2.66 bits per heavy atom. The van der Waals surface area contributed by atoms with E-state index >= 15 is 0 Å². The number of hydrogen-bond donors (Lipinski definition) is 2. The zero-order chi connectivity index (χ0) is 20.9. The number of hydrogen-bond acceptors (Lipinski definition) is 4. The molecule has 2 aromatic rings. The molecule has 1 fully saturated rings. The topological polar surface area (TPSA) is 88.2 Å². The zero-order valence-corrected chi connectivity index (χ0v) is 17.2. The number of amides is 2. The summed E-state index contributed by atoms with van der Waals surface area (Å²) >= 11 is 0. The fourth-order valence-electron chi connectivity index (χ4n) is 3.60. The van der Waals surface area contributed by atoms with E-state index in [-0.39, 0.29) is 29.1 Å². The summed E-state index contributed by atoms with van der Waals surface area (Å²) in [6.07, 6.45) is 8.25. The van der Waals surface area contributed by atoms with Gasteiger partial charge in [0.1, 0.15) is 11.1 Å². The molecule has 3 rings (SSSR count). The van der Waals surface area contributed by atoms with E-state index in [1.807, 2.05) is 0 Å². The fourth-order valence-corrected chi connectivity index (χ4v) is 5.33. The van der Waals surface area contributed by atoms with Crippen molar-refractivity contribution in [2.75, 3.05) is 6.54 Å². The lowest BCUT2D eigenvalue weighted by Crippen LogP contribution is -2.44. The first-order chi connectivity index (χ1) is 13.9. The first kappa shape index (κ1) is 21.2. The predicted octanol–water partition coefficient (Wildman–Crippen LogP) is 3.68. The number of sulfone groups is 1. The van der Waals surface area contributed by atoms with Gasteiger partial charge in [-0.3, -0.25) is 4.98 Å². The van der Waals surface area contributed by atoms with Crippen molar-refractivity contribution in [2.24, 2.45) is 0 Å². The Labute approximate surface area is 170 Å². The predicted molar refractivity (Wildman–Crippen MR) is 109 cm³/mol. The number of urea groups is 1. The van der Waals surface area contributed by atoms with Crippen LogP contribution in [0.25, 0.3) is 0 Å². The number of halogens is 1. The van der Waals surface area contributed by atoms with Gasteiger partial charge in [0.2, 0.25) is 0 Å². The van der Waals surface area contributed by atoms with Crippen molar-refractivity contribution in [3.05, 3.63) is 59.7 Å². The maximum Gasteiger partial charge on any atom is 0.315 e. The number of benzene rings is 1. The molecule has 1 heterocycles. The molecule has 0 radical (unpaired) electrons. The van der Waals surface area contributed by atoms with Gasteiger partial charge >= 0.3 is 6.03 Å². The highest BCUT2D eigenvalue weighted by Crippen LogP contribution is 2.29. The van der Waals surface area contributed by atoms with Gasteiger partial charge in [0.25, 0.3) is 0 Å². The van der Waals surface area contributed by atoms with Crippen LogP contribution in [0.4, 0.5) is 9.18 Å². The Morgan fingerprint density at radius 1 is 1.24 bits per heavy atom. The molecule has 8 heteroatoms. The van der Waals surface area contributed by atoms with Crippen LogP contribution in [-0.4, -0.2) is 32.0 Å². The molecule has 0 spiro atoms. The van der Waals surface area contributed by atoms with Crippen LogP contribution in [0.1, 0.15) is 48.5 Å². The van der Waals surface area contributed by atoms with E-state index in [4.69, 9.17) is 0 Å². The van der Waals surface area contributed by atoms with Crippen molar-refractivity contribution in [1.82, 2.24) is 15.6 Å². The van der Waals surface area contributed by atoms with Crippen LogP contribution in [-0.2, 0) is 9.84 Å². The second-order valence-corrected chi connectivity index (χ2v) is 9.55. The number of carbonyl (C=O) groups is 1. The van der Waals surface area contributed by atoms with Crippen LogP contribution >= 0.6 is 0 Å². The largest absolute Gasteiger partial charge is 0.336 e. The number of nitrogens with zero attached hydrogens (tertiary/aromatic N) is 1. The standard InChI is InChI=1S/C21H26FN3O3S/c1-15-12-18(9-10-19(15)22)29(27,28)20(16-6-5-11-23-13-16)14-24-21(26)25-17-7-3-2-4-8-17/h5-6,9-13,17,20H,2-4,7-8,14H2,1H3,(H2,24,25,26)/t20-/m0/s1. The highest BCUT2D eigenvalue weighted by molar-refractivity contribution is 7.91. The maximum atomic E-state index is 13.6. The van der Waals surface area contributed by atoms with Gasteiger partial charge in [-0.1, -0.05) is 25.3 Å². The van der Waals surface area contributed by atoms with E-state index in [0.717, 1.165) is 31.7 Å². The Kier molecular flexibility index (Phi) is 6.84. The molecular weight excluding hydrogens is 393 g/mol. The lowest BCUT2D eigenvalue weighted by atomic mass is 9.96. The van der Waals surface area contributed by atoms with E-state index in [0.29, 0.717) is 5.56 Å². The van der Waals surface area contributed by atoms with Crippen LogP contribution in [0.15, 0.2) is 47.6 Å². The van der Waals surface area contributed by atoms with Gasteiger partial charge in [-0.25, -0.2) is 17.6 Å². The quantitative estimate of drug-likeness (QED) is 0.699. The number of rotatable bonds is 6. The summed E-state index contributed by atoms with van der Waals surface area (Å²) < 4.78 is 40.2. The van der Waals surface area contributed by atoms with Crippen LogP contribution < -0.4 is 10.6 Å². The molecule has 0 aliphatic heterocycles. The second kappa shape index (κ2) is 9.35. The summed E-state index contributed by atoms with van der Waals surface area (Å²) in [6.45, 7) is 1.41. The van der Waals surface area contributed by atoms with Crippen molar-refractivity contribution in [3.8, 4) is 0 Å². The second-order valence-electron chi connectivity index (χ2n) is 7.42. The molecular formula is C21H26FN3O3S. The van der Waals surface area contributed by atoms with E-state index in [1.165, 1.54) is 31.7 Å². The number of aromatic nitrogens is 1. The van der Waals surface area contributed by atoms with Gasteiger partial charge in [-0.2, -0.15) is 0 Å².